The van der Waals surface area contributed by atoms with E-state index in [4.69, 9.17) is 9.47 Å². The van der Waals surface area contributed by atoms with Gasteiger partial charge in [0.05, 0.1) is 12.7 Å². The summed E-state index contributed by atoms with van der Waals surface area (Å²) in [6.07, 6.45) is 3.57. The number of amides is 2. The Bertz CT molecular complexity index is 1700. The third kappa shape index (κ3) is 6.34. The topological polar surface area (TPSA) is 101 Å². The van der Waals surface area contributed by atoms with Gasteiger partial charge in [-0.2, -0.15) is 0 Å². The summed E-state index contributed by atoms with van der Waals surface area (Å²) >= 11 is 0. The monoisotopic (exact) mass is 593 g/mol. The number of nitrogens with one attached hydrogen (secondary N) is 2. The number of anilines is 1. The van der Waals surface area contributed by atoms with Crippen LogP contribution >= 0.6 is 0 Å². The number of rotatable bonds is 8. The standard InChI is InChI=1S/C36H39N3O5/c1-36(2,3)44-35(42)39(26-14-9-15-26)21-22-10-8-13-24(16-22)31-20-28-30(34(41)43-4)17-25(18-32(28)38-31)37-33(40)29-19-27(29)23-11-6-5-7-12-23/h5-8,10-13,16-18,20,26-27,29,38H,9,14-15,19,21H2,1-4H3,(H,37,40)/t27-,29?/m0/s1. The second kappa shape index (κ2) is 11.8. The van der Waals surface area contributed by atoms with Crippen LogP contribution in [0.25, 0.3) is 22.2 Å². The Balaban J connectivity index is 1.25. The summed E-state index contributed by atoms with van der Waals surface area (Å²) in [5.74, 6) is -0.432. The fraction of sp³-hybridized carbons (Fsp3) is 0.361. The summed E-state index contributed by atoms with van der Waals surface area (Å²) in [5.41, 5.74) is 4.93. The number of methoxy groups -OCH3 is 1. The van der Waals surface area contributed by atoms with E-state index in [1.54, 1.807) is 6.07 Å². The average molecular weight is 594 g/mol. The third-order valence-electron chi connectivity index (χ3n) is 8.50. The van der Waals surface area contributed by atoms with Crippen LogP contribution < -0.4 is 5.32 Å². The minimum Gasteiger partial charge on any atom is -0.465 e. The van der Waals surface area contributed by atoms with Crippen LogP contribution in [0.1, 0.15) is 73.9 Å². The molecule has 44 heavy (non-hydrogen) atoms. The van der Waals surface area contributed by atoms with Crippen LogP contribution in [0.4, 0.5) is 10.5 Å². The Labute approximate surface area is 257 Å². The van der Waals surface area contributed by atoms with Crippen LogP contribution in [0.5, 0.6) is 0 Å². The Hall–Kier alpha value is -4.59. The van der Waals surface area contributed by atoms with Gasteiger partial charge in [-0.15, -0.1) is 0 Å². The zero-order valence-corrected chi connectivity index (χ0v) is 25.7. The van der Waals surface area contributed by atoms with Gasteiger partial charge in [0.15, 0.2) is 0 Å². The van der Waals surface area contributed by atoms with Crippen molar-refractivity contribution >= 4 is 34.6 Å². The summed E-state index contributed by atoms with van der Waals surface area (Å²) in [4.78, 5) is 44.3. The lowest BCUT2D eigenvalue weighted by atomic mass is 9.91. The molecule has 3 aromatic carbocycles. The molecule has 2 N–H and O–H groups in total. The van der Waals surface area contributed by atoms with E-state index >= 15 is 0 Å². The summed E-state index contributed by atoms with van der Waals surface area (Å²) in [6, 6.07) is 23.7. The van der Waals surface area contributed by atoms with Gasteiger partial charge in [0, 0.05) is 40.8 Å². The Kier molecular flexibility index (Phi) is 7.93. The molecule has 228 valence electrons. The van der Waals surface area contributed by atoms with Gasteiger partial charge in [0.25, 0.3) is 0 Å². The highest BCUT2D eigenvalue weighted by atomic mass is 16.6. The van der Waals surface area contributed by atoms with Crippen LogP contribution in [-0.4, -0.2) is 46.6 Å². The molecular formula is C36H39N3O5. The fourth-order valence-electron chi connectivity index (χ4n) is 5.93. The predicted octanol–water partition coefficient (Wildman–Crippen LogP) is 7.65. The van der Waals surface area contributed by atoms with Gasteiger partial charge in [-0.05, 0) is 93.3 Å². The average Bonchev–Trinajstić information content (AvgIpc) is 3.66. The molecule has 2 atom stereocenters. The maximum atomic E-state index is 13.1. The first-order valence-electron chi connectivity index (χ1n) is 15.3. The molecule has 0 radical (unpaired) electrons. The zero-order chi connectivity index (χ0) is 31.0. The lowest BCUT2D eigenvalue weighted by Gasteiger charge is -2.38. The van der Waals surface area contributed by atoms with Crippen molar-refractivity contribution in [3.05, 3.63) is 89.5 Å². The fourth-order valence-corrected chi connectivity index (χ4v) is 5.93. The second-order valence-corrected chi connectivity index (χ2v) is 12.9. The number of hydrogen-bond acceptors (Lipinski definition) is 5. The minimum atomic E-state index is -0.566. The van der Waals surface area contributed by atoms with E-state index in [0.29, 0.717) is 28.7 Å². The predicted molar refractivity (Wildman–Crippen MR) is 170 cm³/mol. The molecule has 2 aliphatic rings. The molecule has 6 rings (SSSR count). The van der Waals surface area contributed by atoms with Crippen molar-refractivity contribution in [3.8, 4) is 11.3 Å². The Morgan fingerprint density at radius 1 is 0.977 bits per heavy atom. The van der Waals surface area contributed by atoms with Gasteiger partial charge in [-0.1, -0.05) is 48.5 Å². The van der Waals surface area contributed by atoms with Crippen molar-refractivity contribution in [3.63, 3.8) is 0 Å². The molecule has 8 nitrogen and oxygen atoms in total. The molecule has 2 amide bonds. The number of ether oxygens (including phenoxy) is 2. The number of carbonyl (C=O) groups is 3. The molecule has 2 saturated carbocycles. The highest BCUT2D eigenvalue weighted by molar-refractivity contribution is 6.08. The van der Waals surface area contributed by atoms with E-state index < -0.39 is 11.6 Å². The molecule has 4 aromatic rings. The maximum Gasteiger partial charge on any atom is 0.410 e. The first-order chi connectivity index (χ1) is 21.1. The molecule has 2 aliphatic carbocycles. The number of esters is 1. The van der Waals surface area contributed by atoms with Crippen LogP contribution in [0.3, 0.4) is 0 Å². The van der Waals surface area contributed by atoms with E-state index in [-0.39, 0.29) is 29.9 Å². The molecule has 8 heteroatoms. The highest BCUT2D eigenvalue weighted by Crippen LogP contribution is 2.48. The summed E-state index contributed by atoms with van der Waals surface area (Å²) in [6.45, 7) is 6.09. The number of aromatic amines is 1. The van der Waals surface area contributed by atoms with E-state index in [9.17, 15) is 14.4 Å². The first-order valence-corrected chi connectivity index (χ1v) is 15.3. The van der Waals surface area contributed by atoms with Crippen molar-refractivity contribution in [2.75, 3.05) is 12.4 Å². The number of aromatic nitrogens is 1. The van der Waals surface area contributed by atoms with Crippen LogP contribution in [-0.2, 0) is 20.8 Å². The number of benzene rings is 3. The number of hydrogen-bond donors (Lipinski definition) is 2. The lowest BCUT2D eigenvalue weighted by molar-refractivity contribution is -0.117. The van der Waals surface area contributed by atoms with E-state index in [2.05, 4.69) is 28.5 Å². The molecule has 2 fully saturated rings. The number of H-pyrrole nitrogens is 1. The first kappa shape index (κ1) is 29.5. The SMILES string of the molecule is COC(=O)c1cc(NC(=O)C2C[C@H]2c2ccccc2)cc2[nH]c(-c3cccc(CN(C(=O)OC(C)(C)C)C4CCC4)c3)cc12. The van der Waals surface area contributed by atoms with E-state index in [1.165, 1.54) is 7.11 Å². The summed E-state index contributed by atoms with van der Waals surface area (Å²) < 4.78 is 10.8. The van der Waals surface area contributed by atoms with Gasteiger partial charge in [0.2, 0.25) is 5.91 Å². The second-order valence-electron chi connectivity index (χ2n) is 12.9. The molecule has 0 spiro atoms. The Morgan fingerprint density at radius 2 is 1.75 bits per heavy atom. The van der Waals surface area contributed by atoms with Crippen LogP contribution in [0.2, 0.25) is 0 Å². The van der Waals surface area contributed by atoms with Crippen molar-refractivity contribution in [2.24, 2.45) is 5.92 Å². The minimum absolute atomic E-state index is 0.0606. The largest absolute Gasteiger partial charge is 0.465 e. The normalized spacial score (nSPS) is 17.9. The number of carbonyl (C=O) groups excluding carboxylic acids is 3. The molecule has 1 aromatic heterocycles. The van der Waals surface area contributed by atoms with Crippen LogP contribution in [0.15, 0.2) is 72.8 Å². The van der Waals surface area contributed by atoms with Gasteiger partial charge in [-0.3, -0.25) is 4.79 Å². The van der Waals surface area contributed by atoms with Gasteiger partial charge < -0.3 is 24.7 Å². The van der Waals surface area contributed by atoms with Crippen molar-refractivity contribution in [1.82, 2.24) is 9.88 Å². The molecule has 1 heterocycles. The van der Waals surface area contributed by atoms with Crippen molar-refractivity contribution in [1.29, 1.82) is 0 Å². The summed E-state index contributed by atoms with van der Waals surface area (Å²) in [5, 5.41) is 3.73. The third-order valence-corrected chi connectivity index (χ3v) is 8.50. The maximum absolute atomic E-state index is 13.1. The molecule has 0 aliphatic heterocycles. The van der Waals surface area contributed by atoms with Gasteiger partial charge >= 0.3 is 12.1 Å². The number of fused-ring (bicyclic) bond motifs is 1. The van der Waals surface area contributed by atoms with Gasteiger partial charge in [0.1, 0.15) is 5.60 Å². The van der Waals surface area contributed by atoms with Gasteiger partial charge in [-0.25, -0.2) is 9.59 Å². The van der Waals surface area contributed by atoms with E-state index in [1.807, 2.05) is 74.2 Å². The quantitative estimate of drug-likeness (QED) is 0.204. The molecule has 0 saturated heterocycles. The van der Waals surface area contributed by atoms with Crippen molar-refractivity contribution in [2.45, 2.75) is 70.6 Å². The van der Waals surface area contributed by atoms with E-state index in [0.717, 1.165) is 48.1 Å². The highest BCUT2D eigenvalue weighted by Gasteiger charge is 2.44. The number of nitrogens with zero attached hydrogens (tertiary/aromatic N) is 1. The Morgan fingerprint density at radius 3 is 2.43 bits per heavy atom. The molecule has 0 bridgehead atoms. The summed E-state index contributed by atoms with van der Waals surface area (Å²) in [7, 11) is 1.35. The lowest BCUT2D eigenvalue weighted by Crippen LogP contribution is -2.46. The molecular weight excluding hydrogens is 554 g/mol. The van der Waals surface area contributed by atoms with Crippen molar-refractivity contribution < 1.29 is 23.9 Å². The smallest absolute Gasteiger partial charge is 0.410 e. The van der Waals surface area contributed by atoms with Crippen LogP contribution in [0, 0.1) is 5.92 Å². The zero-order valence-electron chi connectivity index (χ0n) is 25.7. The molecule has 1 unspecified atom stereocenters.